The van der Waals surface area contributed by atoms with E-state index in [0.717, 1.165) is 15.2 Å². The molecule has 2 rings (SSSR count). The van der Waals surface area contributed by atoms with Gasteiger partial charge in [0.2, 0.25) is 0 Å². The summed E-state index contributed by atoms with van der Waals surface area (Å²) in [5, 5.41) is 2.64. The second kappa shape index (κ2) is 6.36. The Balaban J connectivity index is 1.98. The van der Waals surface area contributed by atoms with Gasteiger partial charge in [-0.1, -0.05) is 22.0 Å². The van der Waals surface area contributed by atoms with E-state index < -0.39 is 0 Å². The van der Waals surface area contributed by atoms with Crippen LogP contribution >= 0.6 is 39.0 Å². The Hall–Kier alpha value is -0.850. The molecule has 0 unspecified atom stereocenters. The van der Waals surface area contributed by atoms with E-state index in [1.165, 1.54) is 23.3 Å². The van der Waals surface area contributed by atoms with Crippen LogP contribution in [0.5, 0.6) is 0 Å². The molecule has 94 valence electrons. The summed E-state index contributed by atoms with van der Waals surface area (Å²) in [5.41, 5.74) is 0.382. The molecule has 0 bridgehead atoms. The summed E-state index contributed by atoms with van der Waals surface area (Å²) >= 11 is 6.59. The van der Waals surface area contributed by atoms with Crippen LogP contribution in [0.2, 0.25) is 0 Å². The molecule has 0 N–H and O–H groups in total. The number of ether oxygens (including phenoxy) is 1. The Morgan fingerprint density at radius 2 is 2.39 bits per heavy atom. The first-order valence-electron chi connectivity index (χ1n) is 5.10. The van der Waals surface area contributed by atoms with Gasteiger partial charge in [0.05, 0.1) is 12.9 Å². The number of rotatable bonds is 4. The van der Waals surface area contributed by atoms with Crippen molar-refractivity contribution in [2.24, 2.45) is 0 Å². The van der Waals surface area contributed by atoms with E-state index in [0.29, 0.717) is 5.69 Å². The van der Waals surface area contributed by atoms with Crippen molar-refractivity contribution < 1.29 is 9.53 Å². The van der Waals surface area contributed by atoms with Crippen molar-refractivity contribution in [2.75, 3.05) is 7.11 Å². The predicted molar refractivity (Wildman–Crippen MR) is 77.2 cm³/mol. The standard InChI is InChI=1S/C12H10BrNO2S2/c1-16-12(15)10-6-18-11(14-10)7-17-9-4-2-3-8(13)5-9/h2-6H,7H2,1H3. The van der Waals surface area contributed by atoms with Gasteiger partial charge in [0.15, 0.2) is 5.69 Å². The molecule has 0 aliphatic heterocycles. The van der Waals surface area contributed by atoms with Gasteiger partial charge in [0.25, 0.3) is 0 Å². The van der Waals surface area contributed by atoms with Gasteiger partial charge in [-0.3, -0.25) is 0 Å². The Morgan fingerprint density at radius 3 is 3.11 bits per heavy atom. The Kier molecular flexibility index (Phi) is 4.79. The maximum atomic E-state index is 11.3. The molecule has 6 heteroatoms. The van der Waals surface area contributed by atoms with Crippen LogP contribution in [0.3, 0.4) is 0 Å². The van der Waals surface area contributed by atoms with Gasteiger partial charge < -0.3 is 4.74 Å². The number of esters is 1. The monoisotopic (exact) mass is 343 g/mol. The number of carbonyl (C=O) groups excluding carboxylic acids is 1. The zero-order valence-electron chi connectivity index (χ0n) is 9.55. The van der Waals surface area contributed by atoms with Crippen molar-refractivity contribution in [1.82, 2.24) is 4.98 Å². The zero-order chi connectivity index (χ0) is 13.0. The number of nitrogens with zero attached hydrogens (tertiary/aromatic N) is 1. The quantitative estimate of drug-likeness (QED) is 0.621. The van der Waals surface area contributed by atoms with Crippen LogP contribution in [-0.4, -0.2) is 18.1 Å². The highest BCUT2D eigenvalue weighted by Crippen LogP contribution is 2.26. The molecule has 1 aromatic heterocycles. The molecule has 1 heterocycles. The molecule has 3 nitrogen and oxygen atoms in total. The first-order valence-corrected chi connectivity index (χ1v) is 7.76. The van der Waals surface area contributed by atoms with Crippen LogP contribution in [0.15, 0.2) is 39.0 Å². The summed E-state index contributed by atoms with van der Waals surface area (Å²) in [4.78, 5) is 16.7. The van der Waals surface area contributed by atoms with Gasteiger partial charge in [-0.2, -0.15) is 0 Å². The number of hydrogen-bond acceptors (Lipinski definition) is 5. The van der Waals surface area contributed by atoms with Crippen LogP contribution in [0.25, 0.3) is 0 Å². The number of thiazole rings is 1. The molecule has 18 heavy (non-hydrogen) atoms. The SMILES string of the molecule is COC(=O)c1csc(CSc2cccc(Br)c2)n1. The minimum Gasteiger partial charge on any atom is -0.464 e. The zero-order valence-corrected chi connectivity index (χ0v) is 12.8. The van der Waals surface area contributed by atoms with Gasteiger partial charge in [0.1, 0.15) is 5.01 Å². The summed E-state index contributed by atoms with van der Waals surface area (Å²) in [5.74, 6) is 0.364. The van der Waals surface area contributed by atoms with Crippen molar-refractivity contribution in [3.05, 3.63) is 44.8 Å². The molecule has 0 saturated carbocycles. The molecular weight excluding hydrogens is 334 g/mol. The lowest BCUT2D eigenvalue weighted by molar-refractivity contribution is 0.0595. The van der Waals surface area contributed by atoms with Crippen LogP contribution in [0.4, 0.5) is 0 Å². The lowest BCUT2D eigenvalue weighted by Crippen LogP contribution is -2.01. The number of methoxy groups -OCH3 is 1. The third kappa shape index (κ3) is 3.57. The third-order valence-corrected chi connectivity index (χ3v) is 4.63. The highest BCUT2D eigenvalue weighted by Gasteiger charge is 2.10. The fourth-order valence-corrected chi connectivity index (χ4v) is 3.56. The number of hydrogen-bond donors (Lipinski definition) is 0. The predicted octanol–water partition coefficient (Wildman–Crippen LogP) is 3.98. The molecular formula is C12H10BrNO2S2. The molecule has 0 aliphatic carbocycles. The third-order valence-electron chi connectivity index (χ3n) is 2.10. The van der Waals surface area contributed by atoms with E-state index in [4.69, 9.17) is 0 Å². The minimum atomic E-state index is -0.384. The molecule has 1 aromatic carbocycles. The van der Waals surface area contributed by atoms with Crippen LogP contribution < -0.4 is 0 Å². The van der Waals surface area contributed by atoms with E-state index in [-0.39, 0.29) is 5.97 Å². The first kappa shape index (κ1) is 13.6. The normalized spacial score (nSPS) is 10.3. The summed E-state index contributed by atoms with van der Waals surface area (Å²) in [6.07, 6.45) is 0. The summed E-state index contributed by atoms with van der Waals surface area (Å²) in [6, 6.07) is 8.08. The first-order chi connectivity index (χ1) is 8.69. The van der Waals surface area contributed by atoms with Crippen molar-refractivity contribution in [2.45, 2.75) is 10.6 Å². The number of benzene rings is 1. The molecule has 0 spiro atoms. The fraction of sp³-hybridized carbons (Fsp3) is 0.167. The number of aromatic nitrogens is 1. The lowest BCUT2D eigenvalue weighted by atomic mass is 10.4. The number of halogens is 1. The minimum absolute atomic E-state index is 0.382. The van der Waals surface area contributed by atoms with Crippen LogP contribution in [0.1, 0.15) is 15.5 Å². The second-order valence-corrected chi connectivity index (χ2v) is 6.27. The summed E-state index contributed by atoms with van der Waals surface area (Å²) in [7, 11) is 1.36. The fourth-order valence-electron chi connectivity index (χ4n) is 1.28. The molecule has 0 saturated heterocycles. The Labute approximate surface area is 122 Å². The summed E-state index contributed by atoms with van der Waals surface area (Å²) in [6.45, 7) is 0. The van der Waals surface area contributed by atoms with E-state index in [1.807, 2.05) is 18.2 Å². The molecule has 0 atom stereocenters. The molecule has 0 fully saturated rings. The largest absolute Gasteiger partial charge is 0.464 e. The van der Waals surface area contributed by atoms with Gasteiger partial charge in [-0.15, -0.1) is 23.1 Å². The van der Waals surface area contributed by atoms with E-state index in [1.54, 1.807) is 17.1 Å². The van der Waals surface area contributed by atoms with Crippen LogP contribution in [0, 0.1) is 0 Å². The number of carbonyl (C=O) groups is 1. The molecule has 0 aliphatic rings. The topological polar surface area (TPSA) is 39.2 Å². The second-order valence-electron chi connectivity index (χ2n) is 3.36. The smallest absolute Gasteiger partial charge is 0.357 e. The van der Waals surface area contributed by atoms with Crippen LogP contribution in [-0.2, 0) is 10.5 Å². The maximum Gasteiger partial charge on any atom is 0.357 e. The van der Waals surface area contributed by atoms with Gasteiger partial charge in [0, 0.05) is 14.7 Å². The highest BCUT2D eigenvalue weighted by atomic mass is 79.9. The average Bonchev–Trinajstić information content (AvgIpc) is 2.84. The Bertz CT molecular complexity index is 557. The van der Waals surface area contributed by atoms with Crippen molar-refractivity contribution in [3.8, 4) is 0 Å². The van der Waals surface area contributed by atoms with Crippen molar-refractivity contribution >= 4 is 45.0 Å². The van der Waals surface area contributed by atoms with E-state index >= 15 is 0 Å². The lowest BCUT2D eigenvalue weighted by Gasteiger charge is -1.99. The summed E-state index contributed by atoms with van der Waals surface area (Å²) < 4.78 is 5.68. The Morgan fingerprint density at radius 1 is 1.56 bits per heavy atom. The molecule has 0 amide bonds. The van der Waals surface area contributed by atoms with Crippen molar-refractivity contribution in [1.29, 1.82) is 0 Å². The molecule has 2 aromatic rings. The van der Waals surface area contributed by atoms with Gasteiger partial charge in [-0.25, -0.2) is 9.78 Å². The van der Waals surface area contributed by atoms with Gasteiger partial charge in [-0.05, 0) is 18.2 Å². The molecule has 0 radical (unpaired) electrons. The highest BCUT2D eigenvalue weighted by molar-refractivity contribution is 9.10. The van der Waals surface area contributed by atoms with Gasteiger partial charge >= 0.3 is 5.97 Å². The van der Waals surface area contributed by atoms with E-state index in [2.05, 4.69) is 31.7 Å². The van der Waals surface area contributed by atoms with E-state index in [9.17, 15) is 4.79 Å². The average molecular weight is 344 g/mol. The van der Waals surface area contributed by atoms with Crippen molar-refractivity contribution in [3.63, 3.8) is 0 Å². The maximum absolute atomic E-state index is 11.3. The number of thioether (sulfide) groups is 1.